The number of nitrogens with two attached hydrogens (primary N) is 1. The van der Waals surface area contributed by atoms with E-state index >= 15 is 0 Å². The van der Waals surface area contributed by atoms with Crippen LogP contribution in [0.25, 0.3) is 0 Å². The molecule has 0 aliphatic rings. The number of aromatic amines is 1. The number of hydrogen-bond acceptors (Lipinski definition) is 3. The number of nitrogens with one attached hydrogen (secondary N) is 1. The molecule has 1 unspecified atom stereocenters. The van der Waals surface area contributed by atoms with Gasteiger partial charge in [0.2, 0.25) is 0 Å². The largest absolute Gasteiger partial charge is 0.383 e. The van der Waals surface area contributed by atoms with Crippen LogP contribution in [-0.2, 0) is 0 Å². The Balaban J connectivity index is 2.58. The van der Waals surface area contributed by atoms with Gasteiger partial charge in [-0.3, -0.25) is 5.10 Å². The van der Waals surface area contributed by atoms with E-state index < -0.39 is 0 Å². The molecule has 1 rings (SSSR count). The SMILES string of the molecule is CC(C)C(C)Sc1cn[nH]c1N. The van der Waals surface area contributed by atoms with Crippen molar-refractivity contribution in [3.8, 4) is 0 Å². The number of nitrogens with zero attached hydrogens (tertiary/aromatic N) is 1. The average molecular weight is 185 g/mol. The molecule has 12 heavy (non-hydrogen) atoms. The van der Waals surface area contributed by atoms with Gasteiger partial charge in [0.15, 0.2) is 0 Å². The van der Waals surface area contributed by atoms with Crippen LogP contribution in [0.4, 0.5) is 5.82 Å². The Bertz CT molecular complexity index is 244. The maximum Gasteiger partial charge on any atom is 0.132 e. The first-order valence-corrected chi connectivity index (χ1v) is 4.94. The number of nitrogen functional groups attached to an aromatic ring is 1. The maximum absolute atomic E-state index is 5.65. The second-order valence-corrected chi connectivity index (χ2v) is 4.63. The molecule has 0 bridgehead atoms. The smallest absolute Gasteiger partial charge is 0.132 e. The van der Waals surface area contributed by atoms with Crippen molar-refractivity contribution in [3.05, 3.63) is 6.20 Å². The van der Waals surface area contributed by atoms with Gasteiger partial charge in [0.1, 0.15) is 5.82 Å². The molecule has 0 aromatic carbocycles. The predicted octanol–water partition coefficient (Wildman–Crippen LogP) is 2.13. The number of aromatic nitrogens is 2. The van der Waals surface area contributed by atoms with E-state index in [1.165, 1.54) is 0 Å². The van der Waals surface area contributed by atoms with E-state index in [1.54, 1.807) is 18.0 Å². The maximum atomic E-state index is 5.65. The van der Waals surface area contributed by atoms with Crippen molar-refractivity contribution in [2.24, 2.45) is 5.92 Å². The second kappa shape index (κ2) is 3.85. The highest BCUT2D eigenvalue weighted by Gasteiger charge is 2.11. The molecule has 68 valence electrons. The molecule has 0 radical (unpaired) electrons. The van der Waals surface area contributed by atoms with Crippen LogP contribution in [-0.4, -0.2) is 15.4 Å². The molecule has 0 saturated carbocycles. The molecule has 3 nitrogen and oxygen atoms in total. The Morgan fingerprint density at radius 1 is 1.50 bits per heavy atom. The highest BCUT2D eigenvalue weighted by atomic mass is 32.2. The lowest BCUT2D eigenvalue weighted by molar-refractivity contribution is 0.642. The normalized spacial score (nSPS) is 13.7. The van der Waals surface area contributed by atoms with E-state index in [2.05, 4.69) is 31.0 Å². The van der Waals surface area contributed by atoms with Crippen LogP contribution in [0, 0.1) is 5.92 Å². The van der Waals surface area contributed by atoms with Crippen molar-refractivity contribution in [2.75, 3.05) is 5.73 Å². The lowest BCUT2D eigenvalue weighted by Crippen LogP contribution is -2.05. The Morgan fingerprint density at radius 2 is 2.17 bits per heavy atom. The third-order valence-corrected chi connectivity index (χ3v) is 3.38. The van der Waals surface area contributed by atoms with Crippen LogP contribution in [0.15, 0.2) is 11.1 Å². The van der Waals surface area contributed by atoms with E-state index in [-0.39, 0.29) is 0 Å². The fourth-order valence-corrected chi connectivity index (χ4v) is 1.67. The number of thioether (sulfide) groups is 1. The molecule has 0 amide bonds. The molecule has 0 saturated heterocycles. The van der Waals surface area contributed by atoms with E-state index in [0.29, 0.717) is 17.0 Å². The number of rotatable bonds is 3. The zero-order chi connectivity index (χ0) is 9.14. The standard InChI is InChI=1S/C8H15N3S/c1-5(2)6(3)12-7-4-10-11-8(7)9/h4-6H,1-3H3,(H3,9,10,11). The highest BCUT2D eigenvalue weighted by Crippen LogP contribution is 2.30. The summed E-state index contributed by atoms with van der Waals surface area (Å²) >= 11 is 1.77. The number of hydrogen-bond donors (Lipinski definition) is 2. The monoisotopic (exact) mass is 185 g/mol. The lowest BCUT2D eigenvalue weighted by Gasteiger charge is -2.13. The fraction of sp³-hybridized carbons (Fsp3) is 0.625. The lowest BCUT2D eigenvalue weighted by atomic mass is 10.2. The van der Waals surface area contributed by atoms with Gasteiger partial charge in [0.05, 0.1) is 11.1 Å². The molecule has 1 aromatic rings. The molecule has 0 aliphatic heterocycles. The molecule has 0 fully saturated rings. The van der Waals surface area contributed by atoms with Gasteiger partial charge < -0.3 is 5.73 Å². The van der Waals surface area contributed by atoms with Gasteiger partial charge in [0, 0.05) is 5.25 Å². The van der Waals surface area contributed by atoms with Crippen molar-refractivity contribution in [1.82, 2.24) is 10.2 Å². The van der Waals surface area contributed by atoms with Crippen LogP contribution >= 0.6 is 11.8 Å². The van der Waals surface area contributed by atoms with Crippen LogP contribution < -0.4 is 5.73 Å². The van der Waals surface area contributed by atoms with E-state index in [0.717, 1.165) is 4.90 Å². The van der Waals surface area contributed by atoms with Gasteiger partial charge in [-0.15, -0.1) is 11.8 Å². The van der Waals surface area contributed by atoms with Crippen molar-refractivity contribution in [3.63, 3.8) is 0 Å². The summed E-state index contributed by atoms with van der Waals surface area (Å²) in [4.78, 5) is 1.05. The van der Waals surface area contributed by atoms with Gasteiger partial charge in [-0.25, -0.2) is 0 Å². The van der Waals surface area contributed by atoms with Crippen LogP contribution in [0.2, 0.25) is 0 Å². The molecule has 1 aromatic heterocycles. The first-order chi connectivity index (χ1) is 5.61. The molecule has 0 aliphatic carbocycles. The molecule has 1 heterocycles. The van der Waals surface area contributed by atoms with Gasteiger partial charge in [0.25, 0.3) is 0 Å². The number of H-pyrrole nitrogens is 1. The summed E-state index contributed by atoms with van der Waals surface area (Å²) < 4.78 is 0. The van der Waals surface area contributed by atoms with Gasteiger partial charge in [-0.2, -0.15) is 5.10 Å². The Morgan fingerprint density at radius 3 is 2.58 bits per heavy atom. The molecular formula is C8H15N3S. The van der Waals surface area contributed by atoms with E-state index in [9.17, 15) is 0 Å². The van der Waals surface area contributed by atoms with Crippen molar-refractivity contribution < 1.29 is 0 Å². The predicted molar refractivity (Wildman–Crippen MR) is 53.2 cm³/mol. The first-order valence-electron chi connectivity index (χ1n) is 4.06. The van der Waals surface area contributed by atoms with Crippen molar-refractivity contribution >= 4 is 17.6 Å². The summed E-state index contributed by atoms with van der Waals surface area (Å²) in [5.41, 5.74) is 5.65. The van der Waals surface area contributed by atoms with Crippen LogP contribution in [0.3, 0.4) is 0 Å². The minimum absolute atomic E-state index is 0.574. The molecule has 0 spiro atoms. The fourth-order valence-electron chi connectivity index (χ4n) is 0.715. The highest BCUT2D eigenvalue weighted by molar-refractivity contribution is 8.00. The van der Waals surface area contributed by atoms with E-state index in [4.69, 9.17) is 5.73 Å². The summed E-state index contributed by atoms with van der Waals surface area (Å²) in [7, 11) is 0. The zero-order valence-corrected chi connectivity index (χ0v) is 8.48. The average Bonchev–Trinajstić information content (AvgIpc) is 2.36. The number of anilines is 1. The zero-order valence-electron chi connectivity index (χ0n) is 7.66. The minimum atomic E-state index is 0.574. The van der Waals surface area contributed by atoms with Gasteiger partial charge in [-0.05, 0) is 5.92 Å². The Labute approximate surface area is 77.1 Å². The van der Waals surface area contributed by atoms with Gasteiger partial charge >= 0.3 is 0 Å². The summed E-state index contributed by atoms with van der Waals surface area (Å²) in [6.07, 6.45) is 1.78. The quantitative estimate of drug-likeness (QED) is 0.709. The van der Waals surface area contributed by atoms with E-state index in [1.807, 2.05) is 0 Å². The second-order valence-electron chi connectivity index (χ2n) is 3.21. The topological polar surface area (TPSA) is 54.7 Å². The summed E-state index contributed by atoms with van der Waals surface area (Å²) in [6, 6.07) is 0. The third kappa shape index (κ3) is 2.17. The van der Waals surface area contributed by atoms with Crippen LogP contribution in [0.1, 0.15) is 20.8 Å². The summed E-state index contributed by atoms with van der Waals surface area (Å²) in [5.74, 6) is 1.33. The summed E-state index contributed by atoms with van der Waals surface area (Å²) in [6.45, 7) is 6.60. The first kappa shape index (κ1) is 9.45. The van der Waals surface area contributed by atoms with Crippen molar-refractivity contribution in [2.45, 2.75) is 30.9 Å². The minimum Gasteiger partial charge on any atom is -0.383 e. The molecule has 1 atom stereocenters. The third-order valence-electron chi connectivity index (χ3n) is 1.88. The van der Waals surface area contributed by atoms with Crippen molar-refractivity contribution in [1.29, 1.82) is 0 Å². The Hall–Kier alpha value is -0.640. The summed E-state index contributed by atoms with van der Waals surface area (Å²) in [5, 5.41) is 7.16. The molecular weight excluding hydrogens is 170 g/mol. The molecule has 3 N–H and O–H groups in total. The van der Waals surface area contributed by atoms with Crippen LogP contribution in [0.5, 0.6) is 0 Å². The Kier molecular flexibility index (Phi) is 3.03. The molecule has 4 heteroatoms. The van der Waals surface area contributed by atoms with Gasteiger partial charge in [-0.1, -0.05) is 20.8 Å².